The lowest BCUT2D eigenvalue weighted by atomic mass is 10.1. The topological polar surface area (TPSA) is 89.6 Å². The molecule has 0 aliphatic carbocycles. The molecule has 0 saturated heterocycles. The number of carbonyl (C=O) groups excluding carboxylic acids is 2. The number of rotatable bonds is 8. The van der Waals surface area contributed by atoms with Gasteiger partial charge >= 0.3 is 0 Å². The van der Waals surface area contributed by atoms with E-state index >= 15 is 0 Å². The predicted octanol–water partition coefficient (Wildman–Crippen LogP) is 3.70. The van der Waals surface area contributed by atoms with Gasteiger partial charge < -0.3 is 9.47 Å². The summed E-state index contributed by atoms with van der Waals surface area (Å²) in [6, 6.07) is 15.8. The highest BCUT2D eigenvalue weighted by Gasteiger charge is 2.13. The summed E-state index contributed by atoms with van der Waals surface area (Å²) >= 11 is 0. The minimum Gasteiger partial charge on any atom is -0.490 e. The first-order valence-electron chi connectivity index (χ1n) is 10.1. The maximum absolute atomic E-state index is 12.5. The van der Waals surface area contributed by atoms with Crippen molar-refractivity contribution in [3.05, 3.63) is 89.2 Å². The van der Waals surface area contributed by atoms with Crippen LogP contribution >= 0.6 is 0 Å². The third-order valence-corrected chi connectivity index (χ3v) is 4.54. The van der Waals surface area contributed by atoms with E-state index in [0.717, 1.165) is 17.5 Å². The average Bonchev–Trinajstić information content (AvgIpc) is 2.82. The molecule has 0 atom stereocenters. The molecule has 7 nitrogen and oxygen atoms in total. The summed E-state index contributed by atoms with van der Waals surface area (Å²) < 4.78 is 11.4. The summed E-state index contributed by atoms with van der Waals surface area (Å²) in [6.07, 6.45) is 4.31. The minimum absolute atomic E-state index is 0.326. The molecule has 2 N–H and O–H groups in total. The van der Waals surface area contributed by atoms with E-state index in [-0.39, 0.29) is 0 Å². The van der Waals surface area contributed by atoms with Crippen molar-refractivity contribution in [2.24, 2.45) is 0 Å². The standard InChI is InChI=1S/C24H25N3O4/c1-3-17-7-9-19(10-8-17)23(28)26-27-24(29)20-11-12-21(22(14-20)30-4-2)31-16-18-6-5-13-25-15-18/h5-15H,3-4,16H2,1-2H3,(H,26,28)(H,27,29). The van der Waals surface area contributed by atoms with Crippen LogP contribution in [-0.2, 0) is 13.0 Å². The smallest absolute Gasteiger partial charge is 0.269 e. The molecule has 0 spiro atoms. The molecule has 0 radical (unpaired) electrons. The van der Waals surface area contributed by atoms with E-state index in [0.29, 0.717) is 35.8 Å². The first-order chi connectivity index (χ1) is 15.1. The maximum Gasteiger partial charge on any atom is 0.269 e. The number of carbonyl (C=O) groups is 2. The highest BCUT2D eigenvalue weighted by molar-refractivity contribution is 5.99. The quantitative estimate of drug-likeness (QED) is 0.544. The number of aromatic nitrogens is 1. The number of benzene rings is 2. The van der Waals surface area contributed by atoms with Crippen molar-refractivity contribution < 1.29 is 19.1 Å². The Morgan fingerprint density at radius 3 is 2.19 bits per heavy atom. The highest BCUT2D eigenvalue weighted by Crippen LogP contribution is 2.29. The van der Waals surface area contributed by atoms with Crippen molar-refractivity contribution in [3.63, 3.8) is 0 Å². The van der Waals surface area contributed by atoms with Gasteiger partial charge in [0.1, 0.15) is 6.61 Å². The molecule has 7 heteroatoms. The van der Waals surface area contributed by atoms with Crippen LogP contribution in [0.4, 0.5) is 0 Å². The molecule has 1 heterocycles. The Labute approximate surface area is 181 Å². The summed E-state index contributed by atoms with van der Waals surface area (Å²) in [4.78, 5) is 28.8. The number of amides is 2. The second kappa shape index (κ2) is 10.8. The van der Waals surface area contributed by atoms with Crippen LogP contribution in [0.5, 0.6) is 11.5 Å². The summed E-state index contributed by atoms with van der Waals surface area (Å²) in [5.41, 5.74) is 7.71. The predicted molar refractivity (Wildman–Crippen MR) is 117 cm³/mol. The van der Waals surface area contributed by atoms with Crippen LogP contribution in [0, 0.1) is 0 Å². The minimum atomic E-state index is -0.460. The van der Waals surface area contributed by atoms with Crippen LogP contribution in [0.2, 0.25) is 0 Å². The lowest BCUT2D eigenvalue weighted by molar-refractivity contribution is 0.0846. The van der Waals surface area contributed by atoms with Crippen LogP contribution in [0.1, 0.15) is 45.7 Å². The number of aryl methyl sites for hydroxylation is 1. The Hall–Kier alpha value is -3.87. The van der Waals surface area contributed by atoms with Crippen molar-refractivity contribution in [1.82, 2.24) is 15.8 Å². The first-order valence-corrected chi connectivity index (χ1v) is 10.1. The Morgan fingerprint density at radius 1 is 0.839 bits per heavy atom. The lowest BCUT2D eigenvalue weighted by Gasteiger charge is -2.14. The summed E-state index contributed by atoms with van der Waals surface area (Å²) in [7, 11) is 0. The molecule has 0 aliphatic heterocycles. The Morgan fingerprint density at radius 2 is 1.55 bits per heavy atom. The van der Waals surface area contributed by atoms with Crippen LogP contribution in [-0.4, -0.2) is 23.4 Å². The second-order valence-corrected chi connectivity index (χ2v) is 6.70. The monoisotopic (exact) mass is 419 g/mol. The number of nitrogens with one attached hydrogen (secondary N) is 2. The molecule has 3 aromatic rings. The Balaban J connectivity index is 1.63. The molecule has 0 bridgehead atoms. The van der Waals surface area contributed by atoms with Crippen molar-refractivity contribution in [2.75, 3.05) is 6.61 Å². The molecular weight excluding hydrogens is 394 g/mol. The van der Waals surface area contributed by atoms with E-state index in [1.165, 1.54) is 0 Å². The van der Waals surface area contributed by atoms with E-state index in [1.54, 1.807) is 42.7 Å². The van der Waals surface area contributed by atoms with E-state index in [2.05, 4.69) is 15.8 Å². The summed E-state index contributed by atoms with van der Waals surface area (Å²) in [6.45, 7) is 4.63. The number of nitrogens with zero attached hydrogens (tertiary/aromatic N) is 1. The van der Waals surface area contributed by atoms with Gasteiger partial charge in [0.2, 0.25) is 0 Å². The zero-order chi connectivity index (χ0) is 22.1. The molecule has 0 fully saturated rings. The summed E-state index contributed by atoms with van der Waals surface area (Å²) in [5, 5.41) is 0. The van der Waals surface area contributed by atoms with Gasteiger partial charge in [0.25, 0.3) is 11.8 Å². The lowest BCUT2D eigenvalue weighted by Crippen LogP contribution is -2.41. The van der Waals surface area contributed by atoms with Gasteiger partial charge in [-0.2, -0.15) is 0 Å². The molecule has 160 valence electrons. The fourth-order valence-electron chi connectivity index (χ4n) is 2.83. The highest BCUT2D eigenvalue weighted by atomic mass is 16.5. The van der Waals surface area contributed by atoms with Gasteiger partial charge in [-0.3, -0.25) is 25.4 Å². The average molecular weight is 419 g/mol. The van der Waals surface area contributed by atoms with Crippen molar-refractivity contribution in [1.29, 1.82) is 0 Å². The van der Waals surface area contributed by atoms with Gasteiger partial charge in [-0.25, -0.2) is 0 Å². The van der Waals surface area contributed by atoms with Crippen LogP contribution in [0.25, 0.3) is 0 Å². The van der Waals surface area contributed by atoms with Crippen molar-refractivity contribution in [2.45, 2.75) is 26.9 Å². The fourth-order valence-corrected chi connectivity index (χ4v) is 2.83. The number of hydrogen-bond donors (Lipinski definition) is 2. The van der Waals surface area contributed by atoms with Gasteiger partial charge in [0, 0.05) is 29.1 Å². The fraction of sp³-hybridized carbons (Fsp3) is 0.208. The number of hydrogen-bond acceptors (Lipinski definition) is 5. The van der Waals surface area contributed by atoms with Crippen LogP contribution < -0.4 is 20.3 Å². The SMILES string of the molecule is CCOc1cc(C(=O)NNC(=O)c2ccc(CC)cc2)ccc1OCc1cccnc1. The number of hydrazine groups is 1. The Bertz CT molecular complexity index is 1020. The van der Waals surface area contributed by atoms with E-state index in [1.807, 2.05) is 38.1 Å². The third kappa shape index (κ3) is 6.05. The molecule has 0 aliphatic rings. The summed E-state index contributed by atoms with van der Waals surface area (Å²) in [5.74, 6) is 0.110. The normalized spacial score (nSPS) is 10.3. The van der Waals surface area contributed by atoms with E-state index in [9.17, 15) is 9.59 Å². The molecule has 31 heavy (non-hydrogen) atoms. The van der Waals surface area contributed by atoms with Gasteiger partial charge in [-0.15, -0.1) is 0 Å². The number of ether oxygens (including phenoxy) is 2. The zero-order valence-corrected chi connectivity index (χ0v) is 17.6. The molecular formula is C24H25N3O4. The van der Waals surface area contributed by atoms with Crippen molar-refractivity contribution >= 4 is 11.8 Å². The van der Waals surface area contributed by atoms with Gasteiger partial charge in [-0.05, 0) is 55.3 Å². The third-order valence-electron chi connectivity index (χ3n) is 4.54. The molecule has 2 aromatic carbocycles. The van der Waals surface area contributed by atoms with Crippen LogP contribution in [0.3, 0.4) is 0 Å². The molecule has 3 rings (SSSR count). The maximum atomic E-state index is 12.5. The van der Waals surface area contributed by atoms with Crippen LogP contribution in [0.15, 0.2) is 67.0 Å². The zero-order valence-electron chi connectivity index (χ0n) is 17.6. The molecule has 0 unspecified atom stereocenters. The Kier molecular flexibility index (Phi) is 7.59. The van der Waals surface area contributed by atoms with Gasteiger partial charge in [-0.1, -0.05) is 25.1 Å². The molecule has 1 aromatic heterocycles. The second-order valence-electron chi connectivity index (χ2n) is 6.70. The largest absolute Gasteiger partial charge is 0.490 e. The van der Waals surface area contributed by atoms with Crippen molar-refractivity contribution in [3.8, 4) is 11.5 Å². The molecule has 2 amide bonds. The number of pyridine rings is 1. The van der Waals surface area contributed by atoms with Gasteiger partial charge in [0.15, 0.2) is 11.5 Å². The van der Waals surface area contributed by atoms with E-state index in [4.69, 9.17) is 9.47 Å². The first kappa shape index (κ1) is 21.8. The van der Waals surface area contributed by atoms with Gasteiger partial charge in [0.05, 0.1) is 6.61 Å². The molecule has 0 saturated carbocycles. The van der Waals surface area contributed by atoms with E-state index < -0.39 is 11.8 Å².